The molecule has 4 rings (SSSR count). The summed E-state index contributed by atoms with van der Waals surface area (Å²) < 4.78 is 43.5. The molecule has 10 heteroatoms. The monoisotopic (exact) mass is 442 g/mol. The van der Waals surface area contributed by atoms with Crippen LogP contribution in [0.5, 0.6) is 5.75 Å². The van der Waals surface area contributed by atoms with Crippen molar-refractivity contribution < 1.29 is 37.3 Å². The van der Waals surface area contributed by atoms with Crippen LogP contribution < -0.4 is 4.74 Å². The zero-order chi connectivity index (χ0) is 22.4. The van der Waals surface area contributed by atoms with Gasteiger partial charge in [-0.15, -0.1) is 0 Å². The smallest absolute Gasteiger partial charge is 0.490 e. The Labute approximate surface area is 177 Å². The number of ether oxygens (including phenoxy) is 2. The van der Waals surface area contributed by atoms with Gasteiger partial charge >= 0.3 is 12.1 Å². The van der Waals surface area contributed by atoms with Crippen LogP contribution in [0.15, 0.2) is 36.2 Å². The number of halogens is 3. The van der Waals surface area contributed by atoms with Crippen molar-refractivity contribution in [2.24, 2.45) is 11.8 Å². The lowest BCUT2D eigenvalue weighted by Gasteiger charge is -2.20. The average molecular weight is 442 g/mol. The maximum absolute atomic E-state index is 12.6. The summed E-state index contributed by atoms with van der Waals surface area (Å²) in [5, 5.41) is 7.12. The second-order valence-electron chi connectivity index (χ2n) is 7.76. The fourth-order valence-electron chi connectivity index (χ4n) is 4.09. The highest BCUT2D eigenvalue weighted by atomic mass is 19.4. The number of fused-ring (bicyclic) bond motifs is 1. The van der Waals surface area contributed by atoms with Crippen molar-refractivity contribution in [1.82, 2.24) is 9.88 Å². The van der Waals surface area contributed by atoms with Gasteiger partial charge in [0, 0.05) is 30.8 Å². The molecule has 1 aromatic heterocycles. The van der Waals surface area contributed by atoms with Crippen LogP contribution >= 0.6 is 0 Å². The largest absolute Gasteiger partial charge is 0.492 e. The molecular weight excluding hydrogens is 417 g/mol. The van der Waals surface area contributed by atoms with E-state index in [1.54, 1.807) is 12.4 Å². The minimum absolute atomic E-state index is 0.208. The fraction of sp³-hybridized carbons (Fsp3) is 0.571. The molecule has 170 valence electrons. The van der Waals surface area contributed by atoms with E-state index in [4.69, 9.17) is 19.4 Å². The van der Waals surface area contributed by atoms with E-state index in [0.717, 1.165) is 56.7 Å². The first kappa shape index (κ1) is 23.1. The molecule has 0 unspecified atom stereocenters. The topological polar surface area (TPSA) is 89.0 Å². The van der Waals surface area contributed by atoms with Gasteiger partial charge in [0.2, 0.25) is 5.91 Å². The first-order chi connectivity index (χ1) is 14.8. The molecule has 2 fully saturated rings. The second-order valence-corrected chi connectivity index (χ2v) is 7.76. The van der Waals surface area contributed by atoms with Crippen LogP contribution in [0.3, 0.4) is 0 Å². The predicted molar refractivity (Wildman–Crippen MR) is 103 cm³/mol. The van der Waals surface area contributed by atoms with Gasteiger partial charge < -0.3 is 19.5 Å². The van der Waals surface area contributed by atoms with Crippen molar-refractivity contribution >= 4 is 11.9 Å². The van der Waals surface area contributed by atoms with Crippen LogP contribution in [0.2, 0.25) is 0 Å². The summed E-state index contributed by atoms with van der Waals surface area (Å²) in [7, 11) is 0. The molecule has 0 radical (unpaired) electrons. The van der Waals surface area contributed by atoms with Gasteiger partial charge in [0.25, 0.3) is 0 Å². The lowest BCUT2D eigenvalue weighted by Crippen LogP contribution is -2.32. The number of likely N-dealkylation sites (tertiary alicyclic amines) is 1. The third-order valence-electron chi connectivity index (χ3n) is 5.68. The van der Waals surface area contributed by atoms with Gasteiger partial charge in [-0.2, -0.15) is 13.2 Å². The predicted octanol–water partition coefficient (Wildman–Crippen LogP) is 3.07. The maximum atomic E-state index is 12.6. The van der Waals surface area contributed by atoms with Gasteiger partial charge in [-0.3, -0.25) is 9.78 Å². The van der Waals surface area contributed by atoms with E-state index in [0.29, 0.717) is 18.4 Å². The normalized spacial score (nSPS) is 24.8. The summed E-state index contributed by atoms with van der Waals surface area (Å²) in [5.74, 6) is -0.789. The number of hydrogen-bond acceptors (Lipinski definition) is 5. The zero-order valence-electron chi connectivity index (χ0n) is 16.9. The highest BCUT2D eigenvalue weighted by Crippen LogP contribution is 2.36. The fourth-order valence-corrected chi connectivity index (χ4v) is 4.09. The van der Waals surface area contributed by atoms with Crippen LogP contribution in [0.4, 0.5) is 13.2 Å². The van der Waals surface area contributed by atoms with Crippen molar-refractivity contribution in [3.63, 3.8) is 0 Å². The summed E-state index contributed by atoms with van der Waals surface area (Å²) >= 11 is 0. The van der Waals surface area contributed by atoms with Crippen LogP contribution in [-0.2, 0) is 14.3 Å². The molecule has 0 spiro atoms. The van der Waals surface area contributed by atoms with Gasteiger partial charge in [-0.1, -0.05) is 6.08 Å². The molecule has 7 nitrogen and oxygen atoms in total. The van der Waals surface area contributed by atoms with E-state index in [9.17, 15) is 18.0 Å². The number of carbonyl (C=O) groups excluding carboxylic acids is 1. The number of alkyl halides is 3. The lowest BCUT2D eigenvalue weighted by molar-refractivity contribution is -0.192. The average Bonchev–Trinajstić information content (AvgIpc) is 3.47. The first-order valence-electron chi connectivity index (χ1n) is 10.2. The molecule has 0 aromatic carbocycles. The molecule has 1 amide bonds. The number of pyridine rings is 1. The lowest BCUT2D eigenvalue weighted by atomic mass is 9.91. The number of amides is 1. The Morgan fingerprint density at radius 3 is 2.71 bits per heavy atom. The quantitative estimate of drug-likeness (QED) is 0.754. The summed E-state index contributed by atoms with van der Waals surface area (Å²) in [4.78, 5) is 27.5. The Morgan fingerprint density at radius 1 is 1.32 bits per heavy atom. The van der Waals surface area contributed by atoms with Crippen molar-refractivity contribution in [2.75, 3.05) is 26.3 Å². The summed E-state index contributed by atoms with van der Waals surface area (Å²) in [6.45, 7) is 3.04. The number of aromatic nitrogens is 1. The molecule has 3 heterocycles. The van der Waals surface area contributed by atoms with Crippen LogP contribution in [-0.4, -0.2) is 65.5 Å². The van der Waals surface area contributed by atoms with E-state index in [-0.39, 0.29) is 12.0 Å². The van der Waals surface area contributed by atoms with Gasteiger partial charge in [0.05, 0.1) is 25.5 Å². The Kier molecular flexibility index (Phi) is 7.53. The van der Waals surface area contributed by atoms with Gasteiger partial charge in [-0.05, 0) is 43.7 Å². The Morgan fingerprint density at radius 2 is 2.10 bits per heavy atom. The van der Waals surface area contributed by atoms with Crippen molar-refractivity contribution in [3.8, 4) is 5.75 Å². The molecule has 1 N–H and O–H groups in total. The van der Waals surface area contributed by atoms with Crippen molar-refractivity contribution in [2.45, 2.75) is 38.0 Å². The SMILES string of the molecule is O=C(C1=CCCC1)N1C[C@H]2[C@@H](CCOc3cccnc3)CO[C@H]2C1.O=C(O)C(F)(F)F. The standard InChI is InChI=1S/C19H24N2O3.C2HF3O2/c22-19(14-4-1-2-5-14)21-11-17-15(13-24-18(17)12-21)7-9-23-16-6-3-8-20-10-16;3-2(4,5)1(6)7/h3-4,6,8,10,15,17-18H,1-2,5,7,9,11-13H2;(H,6,7)/t15-,17-,18-;/m0./s1. The second kappa shape index (κ2) is 10.1. The molecule has 2 saturated heterocycles. The molecule has 3 aliphatic rings. The van der Waals surface area contributed by atoms with E-state index >= 15 is 0 Å². The Balaban J connectivity index is 0.000000339. The first-order valence-corrected chi connectivity index (χ1v) is 10.2. The van der Waals surface area contributed by atoms with Gasteiger partial charge in [-0.25, -0.2) is 4.79 Å². The van der Waals surface area contributed by atoms with Crippen LogP contribution in [0, 0.1) is 11.8 Å². The van der Waals surface area contributed by atoms with Crippen LogP contribution in [0.25, 0.3) is 0 Å². The number of carbonyl (C=O) groups is 2. The van der Waals surface area contributed by atoms with E-state index < -0.39 is 12.1 Å². The third-order valence-corrected chi connectivity index (χ3v) is 5.68. The van der Waals surface area contributed by atoms with E-state index in [1.807, 2.05) is 17.0 Å². The molecule has 0 saturated carbocycles. The van der Waals surface area contributed by atoms with Crippen LogP contribution in [0.1, 0.15) is 25.7 Å². The number of rotatable bonds is 5. The molecule has 1 aliphatic carbocycles. The minimum atomic E-state index is -5.08. The number of hydrogen-bond donors (Lipinski definition) is 1. The highest BCUT2D eigenvalue weighted by molar-refractivity contribution is 5.94. The van der Waals surface area contributed by atoms with Gasteiger partial charge in [0.1, 0.15) is 5.75 Å². The Bertz CT molecular complexity index is 800. The third kappa shape index (κ3) is 6.19. The van der Waals surface area contributed by atoms with E-state index in [1.165, 1.54) is 0 Å². The Hall–Kier alpha value is -2.62. The van der Waals surface area contributed by atoms with E-state index in [2.05, 4.69) is 11.1 Å². The highest BCUT2D eigenvalue weighted by Gasteiger charge is 2.45. The number of nitrogens with zero attached hydrogens (tertiary/aromatic N) is 2. The molecule has 31 heavy (non-hydrogen) atoms. The number of aliphatic carboxylic acids is 1. The maximum Gasteiger partial charge on any atom is 0.490 e. The van der Waals surface area contributed by atoms with Gasteiger partial charge in [0.15, 0.2) is 0 Å². The summed E-state index contributed by atoms with van der Waals surface area (Å²) in [5.41, 5.74) is 1.01. The number of carboxylic acid groups (broad SMARTS) is 1. The minimum Gasteiger partial charge on any atom is -0.492 e. The number of carboxylic acids is 1. The molecule has 0 bridgehead atoms. The van der Waals surface area contributed by atoms with Crippen molar-refractivity contribution in [3.05, 3.63) is 36.2 Å². The van der Waals surface area contributed by atoms with Crippen molar-refractivity contribution in [1.29, 1.82) is 0 Å². The summed E-state index contributed by atoms with van der Waals surface area (Å²) in [6, 6.07) is 3.80. The molecular formula is C21H25F3N2O5. The summed E-state index contributed by atoms with van der Waals surface area (Å²) in [6.07, 6.45) is 4.77. The molecule has 3 atom stereocenters. The molecule has 2 aliphatic heterocycles. The number of allylic oxidation sites excluding steroid dienone is 1. The molecule has 1 aromatic rings. The zero-order valence-corrected chi connectivity index (χ0v) is 16.9.